The van der Waals surface area contributed by atoms with Gasteiger partial charge in [0.15, 0.2) is 5.16 Å². The van der Waals surface area contributed by atoms with Crippen molar-refractivity contribution in [3.05, 3.63) is 41.7 Å². The summed E-state index contributed by atoms with van der Waals surface area (Å²) < 4.78 is 1.90. The van der Waals surface area contributed by atoms with E-state index in [1.165, 1.54) is 11.8 Å². The van der Waals surface area contributed by atoms with Gasteiger partial charge in [-0.3, -0.25) is 4.79 Å². The molecule has 1 heterocycles. The topological polar surface area (TPSA) is 46.9 Å². The first-order valence-corrected chi connectivity index (χ1v) is 7.01. The van der Waals surface area contributed by atoms with Crippen molar-refractivity contribution < 1.29 is 4.79 Å². The molecule has 0 unspecified atom stereocenters. The third kappa shape index (κ3) is 3.86. The number of nitrogens with one attached hydrogen (secondary N) is 1. The van der Waals surface area contributed by atoms with E-state index in [2.05, 4.69) is 16.4 Å². The first-order valence-electron chi connectivity index (χ1n) is 6.03. The summed E-state index contributed by atoms with van der Waals surface area (Å²) in [5.41, 5.74) is 3.14. The van der Waals surface area contributed by atoms with Crippen molar-refractivity contribution in [2.75, 3.05) is 11.1 Å². The van der Waals surface area contributed by atoms with Crippen LogP contribution in [-0.4, -0.2) is 21.2 Å². The minimum absolute atomic E-state index is 0.0157. The summed E-state index contributed by atoms with van der Waals surface area (Å²) >= 11 is 1.43. The predicted octanol–water partition coefficient (Wildman–Crippen LogP) is 2.77. The number of carbonyl (C=O) groups excluding carboxylic acids is 1. The molecular weight excluding hydrogens is 258 g/mol. The van der Waals surface area contributed by atoms with E-state index in [0.29, 0.717) is 5.75 Å². The highest BCUT2D eigenvalue weighted by Crippen LogP contribution is 2.17. The Labute approximate surface area is 117 Å². The van der Waals surface area contributed by atoms with Gasteiger partial charge in [-0.25, -0.2) is 4.98 Å². The van der Waals surface area contributed by atoms with Crippen LogP contribution in [0.4, 0.5) is 5.69 Å². The molecule has 4 nitrogen and oxygen atoms in total. The highest BCUT2D eigenvalue weighted by atomic mass is 32.2. The molecule has 1 N–H and O–H groups in total. The van der Waals surface area contributed by atoms with Crippen LogP contribution in [0.15, 0.2) is 35.7 Å². The van der Waals surface area contributed by atoms with Crippen molar-refractivity contribution >= 4 is 23.4 Å². The fourth-order valence-electron chi connectivity index (χ4n) is 1.87. The average molecular weight is 275 g/mol. The standard InChI is InChI=1S/C14H17N3OS/c1-10-6-11(2)8-12(7-10)16-13(18)9-19-14-15-4-5-17(14)3/h4-8H,9H2,1-3H3,(H,16,18). The van der Waals surface area contributed by atoms with Crippen molar-refractivity contribution in [1.82, 2.24) is 9.55 Å². The zero-order valence-electron chi connectivity index (χ0n) is 11.3. The van der Waals surface area contributed by atoms with Gasteiger partial charge in [0.25, 0.3) is 0 Å². The number of benzene rings is 1. The van der Waals surface area contributed by atoms with Gasteiger partial charge in [0.1, 0.15) is 0 Å². The monoisotopic (exact) mass is 275 g/mol. The minimum Gasteiger partial charge on any atom is -0.329 e. The summed E-state index contributed by atoms with van der Waals surface area (Å²) in [4.78, 5) is 16.0. The van der Waals surface area contributed by atoms with Gasteiger partial charge in [-0.05, 0) is 37.1 Å². The molecule has 0 spiro atoms. The number of anilines is 1. The Morgan fingerprint density at radius 1 is 1.32 bits per heavy atom. The van der Waals surface area contributed by atoms with E-state index < -0.39 is 0 Å². The lowest BCUT2D eigenvalue weighted by molar-refractivity contribution is -0.113. The first-order chi connectivity index (χ1) is 9.04. The van der Waals surface area contributed by atoms with Crippen LogP contribution in [0.5, 0.6) is 0 Å². The zero-order chi connectivity index (χ0) is 13.8. The van der Waals surface area contributed by atoms with Crippen LogP contribution in [0.3, 0.4) is 0 Å². The normalized spacial score (nSPS) is 10.5. The summed E-state index contributed by atoms with van der Waals surface area (Å²) in [6.07, 6.45) is 3.59. The van der Waals surface area contributed by atoms with E-state index in [1.807, 2.05) is 43.8 Å². The summed E-state index contributed by atoms with van der Waals surface area (Å²) in [7, 11) is 1.91. The second kappa shape index (κ2) is 5.93. The number of rotatable bonds is 4. The molecule has 5 heteroatoms. The van der Waals surface area contributed by atoms with Gasteiger partial charge in [0.2, 0.25) is 5.91 Å². The molecule has 1 aromatic heterocycles. The number of carbonyl (C=O) groups is 1. The Kier molecular flexibility index (Phi) is 4.27. The molecular formula is C14H17N3OS. The molecule has 0 aliphatic carbocycles. The van der Waals surface area contributed by atoms with E-state index >= 15 is 0 Å². The summed E-state index contributed by atoms with van der Waals surface area (Å²) in [6.45, 7) is 4.04. The molecule has 0 aliphatic heterocycles. The Hall–Kier alpha value is -1.75. The van der Waals surface area contributed by atoms with Crippen LogP contribution in [-0.2, 0) is 11.8 Å². The van der Waals surface area contributed by atoms with Gasteiger partial charge in [-0.1, -0.05) is 17.8 Å². The van der Waals surface area contributed by atoms with Crippen molar-refractivity contribution in [3.63, 3.8) is 0 Å². The molecule has 2 aromatic rings. The number of imidazole rings is 1. The molecule has 0 atom stereocenters. The molecule has 0 bridgehead atoms. The van der Waals surface area contributed by atoms with Gasteiger partial charge in [-0.2, -0.15) is 0 Å². The Morgan fingerprint density at radius 3 is 2.58 bits per heavy atom. The van der Waals surface area contributed by atoms with Crippen LogP contribution in [0.25, 0.3) is 0 Å². The second-order valence-corrected chi connectivity index (χ2v) is 5.48. The van der Waals surface area contributed by atoms with Crippen molar-refractivity contribution in [3.8, 4) is 0 Å². The lowest BCUT2D eigenvalue weighted by Crippen LogP contribution is -2.14. The lowest BCUT2D eigenvalue weighted by Gasteiger charge is -2.07. The fraction of sp³-hybridized carbons (Fsp3) is 0.286. The van der Waals surface area contributed by atoms with E-state index in [-0.39, 0.29) is 5.91 Å². The minimum atomic E-state index is -0.0157. The molecule has 2 rings (SSSR count). The average Bonchev–Trinajstić information content (AvgIpc) is 2.71. The van der Waals surface area contributed by atoms with E-state index in [0.717, 1.165) is 22.0 Å². The molecule has 100 valence electrons. The van der Waals surface area contributed by atoms with Crippen LogP contribution >= 0.6 is 11.8 Å². The van der Waals surface area contributed by atoms with Gasteiger partial charge >= 0.3 is 0 Å². The Bertz CT molecular complexity index is 572. The highest BCUT2D eigenvalue weighted by Gasteiger charge is 2.07. The molecule has 1 aromatic carbocycles. The largest absolute Gasteiger partial charge is 0.329 e. The summed E-state index contributed by atoms with van der Waals surface area (Å²) in [5.74, 6) is 0.343. The maximum atomic E-state index is 11.9. The van der Waals surface area contributed by atoms with Gasteiger partial charge in [0, 0.05) is 25.1 Å². The van der Waals surface area contributed by atoms with Gasteiger partial charge in [-0.15, -0.1) is 0 Å². The number of hydrogen-bond donors (Lipinski definition) is 1. The second-order valence-electron chi connectivity index (χ2n) is 4.53. The predicted molar refractivity (Wildman–Crippen MR) is 78.5 cm³/mol. The van der Waals surface area contributed by atoms with Crippen molar-refractivity contribution in [2.24, 2.45) is 7.05 Å². The maximum Gasteiger partial charge on any atom is 0.234 e. The number of nitrogens with zero attached hydrogens (tertiary/aromatic N) is 2. The molecule has 0 fully saturated rings. The van der Waals surface area contributed by atoms with Crippen molar-refractivity contribution in [2.45, 2.75) is 19.0 Å². The number of aryl methyl sites for hydroxylation is 3. The molecule has 0 aliphatic rings. The quantitative estimate of drug-likeness (QED) is 0.873. The van der Waals surface area contributed by atoms with Gasteiger partial charge < -0.3 is 9.88 Å². The third-order valence-corrected chi connectivity index (χ3v) is 3.67. The smallest absolute Gasteiger partial charge is 0.234 e. The molecule has 0 saturated heterocycles. The number of hydrogen-bond acceptors (Lipinski definition) is 3. The summed E-state index contributed by atoms with van der Waals surface area (Å²) in [5, 5.41) is 3.75. The SMILES string of the molecule is Cc1cc(C)cc(NC(=O)CSc2nccn2C)c1. The maximum absolute atomic E-state index is 11.9. The van der Waals surface area contributed by atoms with Gasteiger partial charge in [0.05, 0.1) is 5.75 Å². The van der Waals surface area contributed by atoms with Crippen LogP contribution < -0.4 is 5.32 Å². The number of thioether (sulfide) groups is 1. The summed E-state index contributed by atoms with van der Waals surface area (Å²) in [6, 6.07) is 6.02. The fourth-order valence-corrected chi connectivity index (χ4v) is 2.60. The molecule has 0 radical (unpaired) electrons. The number of amides is 1. The first kappa shape index (κ1) is 13.7. The molecule has 0 saturated carbocycles. The van der Waals surface area contributed by atoms with E-state index in [9.17, 15) is 4.79 Å². The van der Waals surface area contributed by atoms with Crippen LogP contribution in [0.1, 0.15) is 11.1 Å². The Balaban J connectivity index is 1.92. The third-order valence-electron chi connectivity index (χ3n) is 2.61. The zero-order valence-corrected chi connectivity index (χ0v) is 12.1. The number of aromatic nitrogens is 2. The Morgan fingerprint density at radius 2 is 2.00 bits per heavy atom. The lowest BCUT2D eigenvalue weighted by atomic mass is 10.1. The molecule has 19 heavy (non-hydrogen) atoms. The van der Waals surface area contributed by atoms with E-state index in [1.54, 1.807) is 6.20 Å². The molecule has 1 amide bonds. The van der Waals surface area contributed by atoms with Crippen LogP contribution in [0, 0.1) is 13.8 Å². The van der Waals surface area contributed by atoms with Crippen molar-refractivity contribution in [1.29, 1.82) is 0 Å². The highest BCUT2D eigenvalue weighted by molar-refractivity contribution is 7.99. The van der Waals surface area contributed by atoms with E-state index in [4.69, 9.17) is 0 Å². The van der Waals surface area contributed by atoms with Crippen LogP contribution in [0.2, 0.25) is 0 Å².